The molecule has 6 heterocycles. The van der Waals surface area contributed by atoms with Gasteiger partial charge in [-0.2, -0.15) is 0 Å². The quantitative estimate of drug-likeness (QED) is 0.0673. The number of halogens is 2. The maximum atomic E-state index is 14.0. The number of nitrogens with one attached hydrogen (secondary N) is 3. The number of carbonyl (C=O) groups excluding carboxylic acids is 1. The van der Waals surface area contributed by atoms with Gasteiger partial charge in [-0.25, -0.2) is 26.9 Å². The second-order valence-electron chi connectivity index (χ2n) is 18.8. The molecule has 4 aliphatic rings. The number of nitro benzene ring substituents is 1. The Morgan fingerprint density at radius 2 is 1.79 bits per heavy atom. The number of aromatic amines is 1. The summed E-state index contributed by atoms with van der Waals surface area (Å²) in [5.74, 6) is -3.12. The van der Waals surface area contributed by atoms with E-state index in [1.54, 1.807) is 35.7 Å². The number of aromatic nitrogens is 2. The SMILES string of the molecule is CC1(C)CCC(CN2CCN(c3ccc(C(=O)NS(=O)(=O)c4ccc(NCC5COCCO5)c([N+](=O)[O-])c4)c(Oc4cnc5[nH]ccc5c4)c3)CC2)=C(c2cc(CN3CCC(F)(F)CC3)cs2)C1. The van der Waals surface area contributed by atoms with Crippen LogP contribution in [0.2, 0.25) is 0 Å². The minimum Gasteiger partial charge on any atom is -0.455 e. The Morgan fingerprint density at radius 3 is 2.56 bits per heavy atom. The molecule has 0 spiro atoms. The van der Waals surface area contributed by atoms with Crippen LogP contribution in [-0.2, 0) is 26.0 Å². The van der Waals surface area contributed by atoms with Crippen molar-refractivity contribution in [3.8, 4) is 11.5 Å². The summed E-state index contributed by atoms with van der Waals surface area (Å²) in [7, 11) is -4.60. The molecule has 9 rings (SSSR count). The van der Waals surface area contributed by atoms with Crippen molar-refractivity contribution in [3.05, 3.63) is 104 Å². The molecule has 3 aromatic heterocycles. The molecule has 0 radical (unpaired) electrons. The van der Waals surface area contributed by atoms with Crippen molar-refractivity contribution >= 4 is 60.9 Å². The molecule has 0 bridgehead atoms. The third-order valence-corrected chi connectivity index (χ3v) is 15.6. The number of H-pyrrole nitrogens is 1. The number of anilines is 2. The first-order valence-corrected chi connectivity index (χ1v) is 25.3. The van der Waals surface area contributed by atoms with Crippen LogP contribution in [-0.4, -0.2) is 123 Å². The summed E-state index contributed by atoms with van der Waals surface area (Å²) in [6, 6.07) is 14.2. The molecule has 3 fully saturated rings. The Labute approximate surface area is 397 Å². The Balaban J connectivity index is 0.900. The van der Waals surface area contributed by atoms with Crippen molar-refractivity contribution in [2.24, 2.45) is 5.41 Å². The number of hydrogen-bond donors (Lipinski definition) is 3. The largest absolute Gasteiger partial charge is 0.455 e. The number of rotatable bonds is 15. The number of piperidine rings is 1. The molecule has 1 unspecified atom stereocenters. The minimum absolute atomic E-state index is 0.0680. The predicted molar refractivity (Wildman–Crippen MR) is 256 cm³/mol. The van der Waals surface area contributed by atoms with Crippen molar-refractivity contribution in [1.29, 1.82) is 0 Å². The number of allylic oxidation sites excluding steroid dienone is 1. The van der Waals surface area contributed by atoms with Crippen molar-refractivity contribution in [1.82, 2.24) is 24.5 Å². The summed E-state index contributed by atoms with van der Waals surface area (Å²) < 4.78 is 74.5. The van der Waals surface area contributed by atoms with E-state index < -0.39 is 37.4 Å². The van der Waals surface area contributed by atoms with Crippen LogP contribution in [0.15, 0.2) is 82.8 Å². The molecule has 0 saturated carbocycles. The number of benzene rings is 2. The number of hydrogen-bond acceptors (Lipinski definition) is 14. The first-order valence-electron chi connectivity index (χ1n) is 23.0. The molecule has 20 heteroatoms. The lowest BCUT2D eigenvalue weighted by Crippen LogP contribution is -2.47. The standard InChI is InChI=1S/C48H56F2N8O8S2/c1-47(2)9-7-34(40(25-47)44-21-32(31-67-44)28-55-13-10-48(49,50)11-14-55)29-56-15-17-57(18-16-56)35-3-5-39(43(23-35)66-36-22-33-8-12-51-45(33)53-26-36)46(59)54-68(62,63)38-4-6-41(42(24-38)58(60)61)52-27-37-30-64-19-20-65-37/h3-6,8,12,21-24,26,31,37,52H,7,9-11,13-20,25,27-30H2,1-2H3,(H,51,53)(H,54,59). The number of pyridine rings is 1. The topological polar surface area (TPSA) is 185 Å². The summed E-state index contributed by atoms with van der Waals surface area (Å²) >= 11 is 1.75. The zero-order valence-electron chi connectivity index (χ0n) is 38.1. The molecule has 362 valence electrons. The molecule has 3 aliphatic heterocycles. The second-order valence-corrected chi connectivity index (χ2v) is 21.4. The highest BCUT2D eigenvalue weighted by Gasteiger charge is 2.35. The van der Waals surface area contributed by atoms with Gasteiger partial charge in [-0.15, -0.1) is 11.3 Å². The Bertz CT molecular complexity index is 2790. The Morgan fingerprint density at radius 1 is 1.00 bits per heavy atom. The van der Waals surface area contributed by atoms with Crippen LogP contribution >= 0.6 is 11.3 Å². The van der Waals surface area contributed by atoms with Gasteiger partial charge in [0, 0.05) is 106 Å². The first kappa shape index (κ1) is 47.6. The summed E-state index contributed by atoms with van der Waals surface area (Å²) in [5.41, 5.74) is 5.15. The number of sulfonamides is 1. The van der Waals surface area contributed by atoms with Crippen molar-refractivity contribution in [2.75, 3.05) is 82.4 Å². The average Bonchev–Trinajstić information content (AvgIpc) is 4.00. The molecular formula is C48H56F2N8O8S2. The first-order chi connectivity index (χ1) is 32.6. The summed E-state index contributed by atoms with van der Waals surface area (Å²) in [6.45, 7) is 11.3. The number of fused-ring (bicyclic) bond motifs is 1. The maximum Gasteiger partial charge on any atom is 0.293 e. The van der Waals surface area contributed by atoms with Gasteiger partial charge in [-0.1, -0.05) is 19.4 Å². The zero-order chi connectivity index (χ0) is 47.6. The average molecular weight is 975 g/mol. The number of carbonyl (C=O) groups is 1. The molecule has 68 heavy (non-hydrogen) atoms. The molecule has 1 atom stereocenters. The van der Waals surface area contributed by atoms with Gasteiger partial charge in [-0.3, -0.25) is 24.7 Å². The van der Waals surface area contributed by atoms with E-state index in [2.05, 4.69) is 60.0 Å². The van der Waals surface area contributed by atoms with E-state index in [1.165, 1.54) is 46.0 Å². The van der Waals surface area contributed by atoms with Crippen molar-refractivity contribution in [3.63, 3.8) is 0 Å². The van der Waals surface area contributed by atoms with Crippen molar-refractivity contribution in [2.45, 2.75) is 69.4 Å². The van der Waals surface area contributed by atoms with E-state index in [0.29, 0.717) is 63.9 Å². The number of likely N-dealkylation sites (tertiary alicyclic amines) is 1. The van der Waals surface area contributed by atoms with Crippen LogP contribution in [0.25, 0.3) is 16.6 Å². The van der Waals surface area contributed by atoms with Gasteiger partial charge in [0.25, 0.3) is 27.5 Å². The van der Waals surface area contributed by atoms with E-state index in [1.807, 2.05) is 6.07 Å². The van der Waals surface area contributed by atoms with Crippen LogP contribution in [0.1, 0.15) is 66.8 Å². The zero-order valence-corrected chi connectivity index (χ0v) is 39.7. The van der Waals surface area contributed by atoms with Gasteiger partial charge in [-0.05, 0) is 83.7 Å². The van der Waals surface area contributed by atoms with E-state index >= 15 is 0 Å². The fraction of sp³-hybridized carbons (Fsp3) is 0.458. The molecule has 1 aliphatic carbocycles. The van der Waals surface area contributed by atoms with Crippen LogP contribution < -0.4 is 19.7 Å². The fourth-order valence-corrected chi connectivity index (χ4v) is 11.3. The van der Waals surface area contributed by atoms with E-state index in [9.17, 15) is 32.1 Å². The van der Waals surface area contributed by atoms with Crippen LogP contribution in [0.3, 0.4) is 0 Å². The predicted octanol–water partition coefficient (Wildman–Crippen LogP) is 8.29. The number of nitro groups is 1. The van der Waals surface area contributed by atoms with Crippen molar-refractivity contribution < 1.29 is 41.1 Å². The summed E-state index contributed by atoms with van der Waals surface area (Å²) in [4.78, 5) is 40.4. The van der Waals surface area contributed by atoms with E-state index in [-0.39, 0.29) is 47.9 Å². The lowest BCUT2D eigenvalue weighted by Gasteiger charge is -2.39. The third kappa shape index (κ3) is 11.3. The van der Waals surface area contributed by atoms with Crippen LogP contribution in [0.5, 0.6) is 11.5 Å². The van der Waals surface area contributed by atoms with Crippen LogP contribution in [0.4, 0.5) is 25.8 Å². The molecule has 16 nitrogen and oxygen atoms in total. The number of thiophene rings is 1. The van der Waals surface area contributed by atoms with E-state index in [0.717, 1.165) is 56.0 Å². The molecule has 1 amide bonds. The molecular weight excluding hydrogens is 919 g/mol. The monoisotopic (exact) mass is 974 g/mol. The number of ether oxygens (including phenoxy) is 3. The number of piperazine rings is 1. The Kier molecular flexibility index (Phi) is 13.9. The maximum absolute atomic E-state index is 14.0. The second kappa shape index (κ2) is 19.8. The van der Waals surface area contributed by atoms with Gasteiger partial charge in [0.2, 0.25) is 0 Å². The third-order valence-electron chi connectivity index (χ3n) is 13.2. The number of alkyl halides is 2. The summed E-state index contributed by atoms with van der Waals surface area (Å²) in [6.07, 6.45) is 5.82. The highest BCUT2D eigenvalue weighted by molar-refractivity contribution is 7.90. The van der Waals surface area contributed by atoms with Gasteiger partial charge >= 0.3 is 0 Å². The number of amides is 1. The fourth-order valence-electron chi connectivity index (χ4n) is 9.29. The lowest BCUT2D eigenvalue weighted by atomic mass is 9.73. The molecule has 5 aromatic rings. The van der Waals surface area contributed by atoms with Crippen LogP contribution in [0, 0.1) is 15.5 Å². The van der Waals surface area contributed by atoms with Gasteiger partial charge in [0.15, 0.2) is 0 Å². The molecule has 3 N–H and O–H groups in total. The smallest absolute Gasteiger partial charge is 0.293 e. The van der Waals surface area contributed by atoms with E-state index in [4.69, 9.17) is 14.2 Å². The van der Waals surface area contributed by atoms with Gasteiger partial charge in [0.1, 0.15) is 22.8 Å². The minimum atomic E-state index is -4.60. The number of nitrogens with zero attached hydrogens (tertiary/aromatic N) is 5. The normalized spacial score (nSPS) is 20.4. The summed E-state index contributed by atoms with van der Waals surface area (Å²) in [5, 5.41) is 18.0. The highest BCUT2D eigenvalue weighted by atomic mass is 32.2. The Hall–Kier alpha value is -5.51. The molecule has 2 aromatic carbocycles. The lowest BCUT2D eigenvalue weighted by molar-refractivity contribution is -0.384. The highest BCUT2D eigenvalue weighted by Crippen LogP contribution is 2.45. The van der Waals surface area contributed by atoms with Gasteiger partial charge < -0.3 is 29.4 Å². The van der Waals surface area contributed by atoms with Gasteiger partial charge in [0.05, 0.1) is 47.5 Å². The molecule has 3 saturated heterocycles.